The van der Waals surface area contributed by atoms with Crippen LogP contribution in [-0.4, -0.2) is 39.3 Å². The topological polar surface area (TPSA) is 69.2 Å². The minimum Gasteiger partial charge on any atom is -0.386 e. The van der Waals surface area contributed by atoms with Crippen molar-refractivity contribution in [1.82, 2.24) is 9.97 Å². The van der Waals surface area contributed by atoms with Crippen LogP contribution in [0.3, 0.4) is 0 Å². The van der Waals surface area contributed by atoms with Crippen LogP contribution in [0, 0.1) is 0 Å². The summed E-state index contributed by atoms with van der Waals surface area (Å²) >= 11 is 0. The smallest absolute Gasteiger partial charge is 0.347 e. The van der Waals surface area contributed by atoms with Gasteiger partial charge in [-0.3, -0.25) is 9.97 Å². The lowest BCUT2D eigenvalue weighted by atomic mass is 10.3. The molecule has 0 spiro atoms. The van der Waals surface area contributed by atoms with Gasteiger partial charge in [-0.2, -0.15) is 0 Å². The van der Waals surface area contributed by atoms with Gasteiger partial charge in [0.15, 0.2) is 0 Å². The van der Waals surface area contributed by atoms with E-state index in [-0.39, 0.29) is 28.5 Å². The third kappa shape index (κ3) is 3.49. The molecule has 18 heavy (non-hydrogen) atoms. The highest BCUT2D eigenvalue weighted by Gasteiger charge is 2.14. The van der Waals surface area contributed by atoms with Crippen molar-refractivity contribution in [2.75, 3.05) is 0 Å². The number of pyridine rings is 2. The van der Waals surface area contributed by atoms with Gasteiger partial charge >= 0.3 is 11.9 Å². The Labute approximate surface area is 114 Å². The quantitative estimate of drug-likeness (QED) is 0.456. The highest BCUT2D eigenvalue weighted by atomic mass is 27.0. The molecule has 2 aromatic rings. The predicted octanol–water partition coefficient (Wildman–Crippen LogP) is 1.09. The number of hydrogen-bond acceptors (Lipinski definition) is 5. The van der Waals surface area contributed by atoms with Gasteiger partial charge in [0.05, 0.1) is 11.1 Å². The van der Waals surface area contributed by atoms with Gasteiger partial charge in [0.1, 0.15) is 0 Å². The molecule has 0 aliphatic carbocycles. The Morgan fingerprint density at radius 3 is 1.67 bits per heavy atom. The minimum absolute atomic E-state index is 0. The van der Waals surface area contributed by atoms with Crippen molar-refractivity contribution in [2.45, 2.75) is 0 Å². The van der Waals surface area contributed by atoms with Crippen molar-refractivity contribution >= 4 is 29.3 Å². The fourth-order valence-corrected chi connectivity index (χ4v) is 1.17. The van der Waals surface area contributed by atoms with Crippen LogP contribution in [0.1, 0.15) is 20.7 Å². The summed E-state index contributed by atoms with van der Waals surface area (Å²) in [6.45, 7) is 0. The van der Waals surface area contributed by atoms with E-state index in [2.05, 4.69) is 14.7 Å². The third-order valence-electron chi connectivity index (χ3n) is 1.98. The SMILES string of the molecule is O=C(OC(=O)c1cccnc1)c1cccnc1.[Al]. The van der Waals surface area contributed by atoms with Crippen molar-refractivity contribution in [1.29, 1.82) is 0 Å². The molecule has 0 saturated heterocycles. The molecular formula is C12H8AlN2O3. The highest BCUT2D eigenvalue weighted by molar-refractivity contribution is 6.02. The maximum Gasteiger partial charge on any atom is 0.347 e. The molecule has 2 rings (SSSR count). The zero-order valence-electron chi connectivity index (χ0n) is 9.32. The summed E-state index contributed by atoms with van der Waals surface area (Å²) < 4.78 is 4.66. The van der Waals surface area contributed by atoms with E-state index in [1.165, 1.54) is 36.9 Å². The predicted molar refractivity (Wildman–Crippen MR) is 64.0 cm³/mol. The van der Waals surface area contributed by atoms with Crippen molar-refractivity contribution in [3.8, 4) is 0 Å². The molecule has 0 aromatic carbocycles. The van der Waals surface area contributed by atoms with Crippen molar-refractivity contribution in [3.63, 3.8) is 0 Å². The van der Waals surface area contributed by atoms with E-state index in [1.54, 1.807) is 12.1 Å². The molecule has 0 aliphatic rings. The van der Waals surface area contributed by atoms with Crippen LogP contribution in [0.2, 0.25) is 0 Å². The maximum atomic E-state index is 11.5. The van der Waals surface area contributed by atoms with E-state index in [0.29, 0.717) is 0 Å². The van der Waals surface area contributed by atoms with Crippen LogP contribution < -0.4 is 0 Å². The molecule has 0 N–H and O–H groups in total. The van der Waals surface area contributed by atoms with Crippen LogP contribution >= 0.6 is 0 Å². The Kier molecular flexibility index (Phi) is 5.18. The molecule has 87 valence electrons. The maximum absolute atomic E-state index is 11.5. The molecule has 3 radical (unpaired) electrons. The van der Waals surface area contributed by atoms with E-state index in [9.17, 15) is 9.59 Å². The summed E-state index contributed by atoms with van der Waals surface area (Å²) in [6.07, 6.45) is 5.72. The Balaban J connectivity index is 0.00000162. The first-order chi connectivity index (χ1) is 8.27. The summed E-state index contributed by atoms with van der Waals surface area (Å²) in [6, 6.07) is 6.22. The summed E-state index contributed by atoms with van der Waals surface area (Å²) in [5.74, 6) is -1.46. The summed E-state index contributed by atoms with van der Waals surface area (Å²) in [7, 11) is 0. The molecular weight excluding hydrogens is 247 g/mol. The number of ether oxygens (including phenoxy) is 1. The first-order valence-electron chi connectivity index (χ1n) is 4.84. The monoisotopic (exact) mass is 255 g/mol. The second-order valence-electron chi connectivity index (χ2n) is 3.16. The molecule has 2 aromatic heterocycles. The van der Waals surface area contributed by atoms with Gasteiger partial charge in [0, 0.05) is 42.1 Å². The molecule has 6 heteroatoms. The lowest BCUT2D eigenvalue weighted by Gasteiger charge is -2.01. The van der Waals surface area contributed by atoms with Crippen molar-refractivity contribution < 1.29 is 14.3 Å². The van der Waals surface area contributed by atoms with Crippen LogP contribution in [-0.2, 0) is 4.74 Å². The molecule has 0 aliphatic heterocycles. The first-order valence-corrected chi connectivity index (χ1v) is 4.84. The number of carbonyl (C=O) groups excluding carboxylic acids is 2. The van der Waals surface area contributed by atoms with Crippen LogP contribution in [0.5, 0.6) is 0 Å². The molecule has 5 nitrogen and oxygen atoms in total. The molecule has 0 saturated carbocycles. The number of rotatable bonds is 2. The van der Waals surface area contributed by atoms with E-state index in [0.717, 1.165) is 0 Å². The number of esters is 2. The van der Waals surface area contributed by atoms with Crippen molar-refractivity contribution in [3.05, 3.63) is 60.2 Å². The van der Waals surface area contributed by atoms with Gasteiger partial charge in [0.25, 0.3) is 0 Å². The fraction of sp³-hybridized carbons (Fsp3) is 0. The first kappa shape index (κ1) is 14.0. The Hall–Kier alpha value is -2.03. The molecule has 0 atom stereocenters. The molecule has 0 bridgehead atoms. The number of carbonyl (C=O) groups is 2. The average Bonchev–Trinajstić information content (AvgIpc) is 2.40. The van der Waals surface area contributed by atoms with E-state index >= 15 is 0 Å². The molecule has 0 unspecified atom stereocenters. The normalized spacial score (nSPS) is 9.11. The zero-order chi connectivity index (χ0) is 12.1. The van der Waals surface area contributed by atoms with Crippen molar-refractivity contribution in [2.24, 2.45) is 0 Å². The van der Waals surface area contributed by atoms with Gasteiger partial charge < -0.3 is 4.74 Å². The number of nitrogens with zero attached hydrogens (tertiary/aromatic N) is 2. The molecule has 0 fully saturated rings. The number of hydrogen-bond donors (Lipinski definition) is 0. The molecule has 2 heterocycles. The van der Waals surface area contributed by atoms with Crippen LogP contribution in [0.15, 0.2) is 49.1 Å². The lowest BCUT2D eigenvalue weighted by Crippen LogP contribution is -2.13. The largest absolute Gasteiger partial charge is 0.386 e. The number of aromatic nitrogens is 2. The van der Waals surface area contributed by atoms with Gasteiger partial charge in [-0.25, -0.2) is 9.59 Å². The summed E-state index contributed by atoms with van der Waals surface area (Å²) in [5.41, 5.74) is 0.453. The second-order valence-corrected chi connectivity index (χ2v) is 3.16. The fourth-order valence-electron chi connectivity index (χ4n) is 1.17. The van der Waals surface area contributed by atoms with E-state index in [4.69, 9.17) is 0 Å². The Morgan fingerprint density at radius 2 is 1.33 bits per heavy atom. The van der Waals surface area contributed by atoms with Crippen LogP contribution in [0.4, 0.5) is 0 Å². The summed E-state index contributed by atoms with van der Waals surface area (Å²) in [4.78, 5) is 30.6. The average molecular weight is 255 g/mol. The zero-order valence-corrected chi connectivity index (χ0v) is 10.5. The Morgan fingerprint density at radius 1 is 0.889 bits per heavy atom. The van der Waals surface area contributed by atoms with Crippen LogP contribution in [0.25, 0.3) is 0 Å². The standard InChI is InChI=1S/C12H8N2O3.Al/c15-11(9-3-1-5-13-7-9)17-12(16)10-4-2-6-14-8-10;/h1-8H;. The minimum atomic E-state index is -0.730. The van der Waals surface area contributed by atoms with Gasteiger partial charge in [-0.15, -0.1) is 0 Å². The highest BCUT2D eigenvalue weighted by Crippen LogP contribution is 2.04. The third-order valence-corrected chi connectivity index (χ3v) is 1.98. The van der Waals surface area contributed by atoms with E-state index < -0.39 is 11.9 Å². The summed E-state index contributed by atoms with van der Waals surface area (Å²) in [5, 5.41) is 0. The lowest BCUT2D eigenvalue weighted by molar-refractivity contribution is 0.0397. The van der Waals surface area contributed by atoms with Gasteiger partial charge in [0.2, 0.25) is 0 Å². The van der Waals surface area contributed by atoms with E-state index in [1.807, 2.05) is 0 Å². The second kappa shape index (κ2) is 6.65. The Bertz CT molecular complexity index is 482. The molecule has 0 amide bonds. The van der Waals surface area contributed by atoms with Gasteiger partial charge in [-0.1, -0.05) is 0 Å². The van der Waals surface area contributed by atoms with Gasteiger partial charge in [-0.05, 0) is 24.3 Å².